The molecule has 1 fully saturated rings. The number of thiocarbonyl (C=S) groups is 1. The molecule has 0 aromatic heterocycles. The molecule has 0 saturated carbocycles. The van der Waals surface area contributed by atoms with Gasteiger partial charge in [-0.15, -0.1) is 0 Å². The van der Waals surface area contributed by atoms with E-state index in [2.05, 4.69) is 10.6 Å². The number of hydrogen-bond acceptors (Lipinski definition) is 6. The van der Waals surface area contributed by atoms with Gasteiger partial charge in [-0.05, 0) is 35.5 Å². The third-order valence-corrected chi connectivity index (χ3v) is 5.55. The molecule has 2 N–H and O–H groups in total. The molecule has 0 spiro atoms. The Labute approximate surface area is 198 Å². The average Bonchev–Trinajstić information content (AvgIpc) is 2.81. The third kappa shape index (κ3) is 7.28. The van der Waals surface area contributed by atoms with Crippen LogP contribution in [0, 0.1) is 0 Å². The second-order valence-corrected chi connectivity index (χ2v) is 7.93. The summed E-state index contributed by atoms with van der Waals surface area (Å²) in [6, 6.07) is 16.0. The van der Waals surface area contributed by atoms with Crippen molar-refractivity contribution in [2.45, 2.75) is 25.3 Å². The maximum atomic E-state index is 12.5. The molecule has 0 radical (unpaired) electrons. The van der Waals surface area contributed by atoms with Gasteiger partial charge in [0.15, 0.2) is 5.11 Å². The predicted molar refractivity (Wildman–Crippen MR) is 127 cm³/mol. The molecule has 0 aliphatic carbocycles. The number of carbonyl (C=O) groups excluding carboxylic acids is 3. The zero-order valence-corrected chi connectivity index (χ0v) is 19.2. The zero-order valence-electron chi connectivity index (χ0n) is 18.4. The second-order valence-electron chi connectivity index (χ2n) is 7.54. The predicted octanol–water partition coefficient (Wildman–Crippen LogP) is 1.62. The van der Waals surface area contributed by atoms with Crippen LogP contribution in [0.1, 0.15) is 17.5 Å². The smallest absolute Gasteiger partial charge is 0.308 e. The van der Waals surface area contributed by atoms with Gasteiger partial charge in [0.25, 0.3) is 0 Å². The van der Waals surface area contributed by atoms with Gasteiger partial charge in [0.2, 0.25) is 11.8 Å². The number of piperazine rings is 1. The largest absolute Gasteiger partial charge is 0.497 e. The number of nitrogens with one attached hydrogen (secondary N) is 2. The zero-order chi connectivity index (χ0) is 23.6. The molecule has 3 rings (SSSR count). The highest BCUT2D eigenvalue weighted by Crippen LogP contribution is 2.13. The summed E-state index contributed by atoms with van der Waals surface area (Å²) >= 11 is 5.38. The molecule has 174 valence electrons. The van der Waals surface area contributed by atoms with Crippen LogP contribution in [0.3, 0.4) is 0 Å². The van der Waals surface area contributed by atoms with Crippen LogP contribution in [0.4, 0.5) is 0 Å². The number of hydrogen-bond donors (Lipinski definition) is 2. The van der Waals surface area contributed by atoms with Crippen molar-refractivity contribution in [3.8, 4) is 5.75 Å². The van der Waals surface area contributed by atoms with Crippen molar-refractivity contribution in [2.75, 3.05) is 26.8 Å². The van der Waals surface area contributed by atoms with Crippen LogP contribution in [0.15, 0.2) is 54.6 Å². The van der Waals surface area contributed by atoms with Crippen molar-refractivity contribution in [3.05, 3.63) is 65.7 Å². The van der Waals surface area contributed by atoms with Crippen LogP contribution in [-0.4, -0.2) is 60.6 Å². The molecular formula is C24H27N3O5S. The van der Waals surface area contributed by atoms with E-state index in [0.717, 1.165) is 11.1 Å². The number of rotatable bonds is 8. The van der Waals surface area contributed by atoms with Gasteiger partial charge in [0.1, 0.15) is 11.8 Å². The molecule has 1 atom stereocenters. The van der Waals surface area contributed by atoms with Crippen LogP contribution in [0.2, 0.25) is 0 Å². The Kier molecular flexibility index (Phi) is 8.77. The minimum absolute atomic E-state index is 0.116. The molecule has 1 saturated heterocycles. The van der Waals surface area contributed by atoms with Crippen LogP contribution in [0.5, 0.6) is 5.75 Å². The Hall–Kier alpha value is -3.46. The first-order chi connectivity index (χ1) is 16.0. The molecule has 2 amide bonds. The molecule has 1 unspecified atom stereocenters. The van der Waals surface area contributed by atoms with Crippen molar-refractivity contribution in [2.24, 2.45) is 0 Å². The Morgan fingerprint density at radius 2 is 1.85 bits per heavy atom. The minimum atomic E-state index is -0.836. The molecule has 9 heteroatoms. The Balaban J connectivity index is 1.52. The van der Waals surface area contributed by atoms with Gasteiger partial charge in [-0.3, -0.25) is 14.4 Å². The normalized spacial score (nSPS) is 15.4. The summed E-state index contributed by atoms with van der Waals surface area (Å²) in [7, 11) is 1.57. The second kappa shape index (κ2) is 12.0. The lowest BCUT2D eigenvalue weighted by molar-refractivity contribution is -0.147. The topological polar surface area (TPSA) is 97.0 Å². The quantitative estimate of drug-likeness (QED) is 0.448. The lowest BCUT2D eigenvalue weighted by atomic mass is 10.1. The number of carbonyl (C=O) groups is 3. The molecule has 1 aliphatic rings. The summed E-state index contributed by atoms with van der Waals surface area (Å²) in [6.45, 7) is 0.975. The Bertz CT molecular complexity index is 981. The van der Waals surface area contributed by atoms with Crippen molar-refractivity contribution in [1.82, 2.24) is 15.5 Å². The first-order valence-corrected chi connectivity index (χ1v) is 11.1. The fourth-order valence-corrected chi connectivity index (χ4v) is 3.80. The first-order valence-electron chi connectivity index (χ1n) is 10.7. The molecule has 1 aliphatic heterocycles. The van der Waals surface area contributed by atoms with Gasteiger partial charge >= 0.3 is 5.97 Å². The van der Waals surface area contributed by atoms with Gasteiger partial charge in [-0.25, -0.2) is 0 Å². The Morgan fingerprint density at radius 3 is 2.55 bits per heavy atom. The summed E-state index contributed by atoms with van der Waals surface area (Å²) < 4.78 is 10.4. The lowest BCUT2D eigenvalue weighted by Crippen LogP contribution is -2.60. The summed E-state index contributed by atoms with van der Waals surface area (Å²) in [5.41, 5.74) is 1.86. The van der Waals surface area contributed by atoms with E-state index >= 15 is 0 Å². The van der Waals surface area contributed by atoms with Gasteiger partial charge in [-0.1, -0.05) is 42.5 Å². The molecule has 2 aromatic rings. The molecule has 2 aromatic carbocycles. The summed E-state index contributed by atoms with van der Waals surface area (Å²) in [6.07, 6.45) is 0.554. The van der Waals surface area contributed by atoms with E-state index in [-0.39, 0.29) is 36.4 Å². The van der Waals surface area contributed by atoms with Crippen LogP contribution < -0.4 is 15.4 Å². The molecule has 33 heavy (non-hydrogen) atoms. The van der Waals surface area contributed by atoms with Gasteiger partial charge in [0.05, 0.1) is 26.6 Å². The van der Waals surface area contributed by atoms with E-state index in [9.17, 15) is 14.4 Å². The number of benzene rings is 2. The molecule has 8 nitrogen and oxygen atoms in total. The highest BCUT2D eigenvalue weighted by Gasteiger charge is 2.34. The van der Waals surface area contributed by atoms with Crippen molar-refractivity contribution in [3.63, 3.8) is 0 Å². The van der Waals surface area contributed by atoms with E-state index in [4.69, 9.17) is 21.7 Å². The monoisotopic (exact) mass is 469 g/mol. The van der Waals surface area contributed by atoms with Gasteiger partial charge in [0, 0.05) is 19.5 Å². The van der Waals surface area contributed by atoms with Crippen molar-refractivity contribution < 1.29 is 23.9 Å². The van der Waals surface area contributed by atoms with Crippen LogP contribution in [0.25, 0.3) is 0 Å². The van der Waals surface area contributed by atoms with Crippen LogP contribution >= 0.6 is 12.2 Å². The number of methoxy groups -OCH3 is 1. The highest BCUT2D eigenvalue weighted by atomic mass is 32.1. The summed E-state index contributed by atoms with van der Waals surface area (Å²) in [4.78, 5) is 38.8. The fraction of sp³-hybridized carbons (Fsp3) is 0.333. The van der Waals surface area contributed by atoms with E-state index in [1.807, 2.05) is 30.3 Å². The molecule has 0 bridgehead atoms. The number of ether oxygens (including phenoxy) is 2. The van der Waals surface area contributed by atoms with Gasteiger partial charge in [-0.2, -0.15) is 0 Å². The first kappa shape index (κ1) is 24.2. The summed E-state index contributed by atoms with van der Waals surface area (Å²) in [5.74, 6) is -0.425. The average molecular weight is 470 g/mol. The lowest BCUT2D eigenvalue weighted by Gasteiger charge is -2.36. The maximum absolute atomic E-state index is 12.5. The fourth-order valence-electron chi connectivity index (χ4n) is 3.47. The van der Waals surface area contributed by atoms with E-state index < -0.39 is 12.0 Å². The number of esters is 1. The number of nitrogens with zero attached hydrogens (tertiary/aromatic N) is 1. The Morgan fingerprint density at radius 1 is 1.12 bits per heavy atom. The highest BCUT2D eigenvalue weighted by molar-refractivity contribution is 7.80. The van der Waals surface area contributed by atoms with E-state index in [1.165, 1.54) is 0 Å². The molecule has 1 heterocycles. The number of amides is 2. The van der Waals surface area contributed by atoms with E-state index in [1.54, 1.807) is 36.3 Å². The van der Waals surface area contributed by atoms with Gasteiger partial charge < -0.3 is 25.0 Å². The third-order valence-electron chi connectivity index (χ3n) is 5.22. The summed E-state index contributed by atoms with van der Waals surface area (Å²) in [5, 5.41) is 5.52. The SMILES string of the molecule is COc1ccc(CC(=O)NC(=S)N2CCNC(=O)C2CC(=O)OCCc2ccccc2)cc1. The van der Waals surface area contributed by atoms with Crippen molar-refractivity contribution in [1.29, 1.82) is 0 Å². The van der Waals surface area contributed by atoms with Crippen molar-refractivity contribution >= 4 is 35.1 Å². The molecular weight excluding hydrogens is 442 g/mol. The van der Waals surface area contributed by atoms with E-state index in [0.29, 0.717) is 25.3 Å². The maximum Gasteiger partial charge on any atom is 0.308 e. The standard InChI is InChI=1S/C24H27N3O5S/c1-31-19-9-7-18(8-10-19)15-21(28)26-24(33)27-13-12-25-23(30)20(27)16-22(29)32-14-11-17-5-3-2-4-6-17/h2-10,20H,11-16H2,1H3,(H,25,30)(H,26,28,33). The van der Waals surface area contributed by atoms with Crippen LogP contribution in [-0.2, 0) is 32.0 Å². The minimum Gasteiger partial charge on any atom is -0.497 e.